The van der Waals surface area contributed by atoms with E-state index in [-0.39, 0.29) is 90.0 Å². The van der Waals surface area contributed by atoms with Gasteiger partial charge in [0.15, 0.2) is 17.3 Å². The van der Waals surface area contributed by atoms with Crippen LogP contribution in [0.1, 0.15) is 192 Å². The number of rotatable bonds is 12. The third-order valence-corrected chi connectivity index (χ3v) is 28.1. The van der Waals surface area contributed by atoms with Crippen molar-refractivity contribution in [3.05, 3.63) is 117 Å². The molecule has 5 aromatic rings. The molecule has 5 aromatic carbocycles. The van der Waals surface area contributed by atoms with Gasteiger partial charge in [0.25, 0.3) is 0 Å². The molecule has 4 fully saturated rings. The number of aliphatic hydroxyl groups is 4. The quantitative estimate of drug-likeness (QED) is 0.0549. The van der Waals surface area contributed by atoms with Gasteiger partial charge in [-0.1, -0.05) is 125 Å². The molecule has 0 aromatic heterocycles. The summed E-state index contributed by atoms with van der Waals surface area (Å²) in [5.41, 5.74) is 9.88. The molecule has 3 aliphatic carbocycles. The van der Waals surface area contributed by atoms with Crippen molar-refractivity contribution in [3.8, 4) is 28.4 Å². The van der Waals surface area contributed by atoms with Crippen molar-refractivity contribution in [2.75, 3.05) is 24.8 Å². The zero-order chi connectivity index (χ0) is 61.4. The van der Waals surface area contributed by atoms with Crippen LogP contribution in [0.4, 0.5) is 5.69 Å². The standard InChI is InChI=1S/C72H92N2O10S4/c1-41(2)12-13-43-10-6-7-11-46(43)34-64-72-29-24-47(33-63(72)81)62(36-53(79)20-15-45-18-23-61(80)69(83-4)65(45)54-21-16-44-14-19-52(78)35-55(44)58(54)40-86-88-72)84-70-57-31-50(38-76)68-66-48(17-22-59(73-68)42(3)77)30-49(37-75)56(67(57)66)32-51(39-85-87-64)60(74-70)25-28-71(82)26-8-5-9-27-71/h6-7,10-11,14,16,18-19,21,23,31,35,41,47-49,51,56,59-60,62-64,70,73-76,78,80-82H,5,8-9,12-13,15,17,20,22,24-30,32-34,36-40H2,1-4H3/t47-,48-,49+,51-,56+,59+,60-,62+,63+,64-,70-,72+/m1/s1. The lowest BCUT2D eigenvalue weighted by atomic mass is 9.63. The highest BCUT2D eigenvalue weighted by molar-refractivity contribution is 8.78. The number of phenolic OH excluding ortho intramolecular Hbond substituents is 2. The van der Waals surface area contributed by atoms with Gasteiger partial charge in [-0.2, -0.15) is 0 Å². The van der Waals surface area contributed by atoms with E-state index < -0.39 is 34.8 Å². The normalized spacial score (nSPS) is 29.9. The molecule has 5 aliphatic heterocycles. The van der Waals surface area contributed by atoms with E-state index >= 15 is 4.79 Å². The predicted molar refractivity (Wildman–Crippen MR) is 360 cm³/mol. The number of aryl methyl sites for hydroxylation is 2. The highest BCUT2D eigenvalue weighted by atomic mass is 33.1. The van der Waals surface area contributed by atoms with E-state index in [0.717, 1.165) is 126 Å². The Kier molecular flexibility index (Phi) is 20.2. The topological polar surface area (TPSA) is 198 Å². The number of benzene rings is 5. The Bertz CT molecular complexity index is 3340. The number of aliphatic hydroxyl groups excluding tert-OH is 3. The largest absolute Gasteiger partial charge is 0.508 e. The lowest BCUT2D eigenvalue weighted by molar-refractivity contribution is -0.130. The molecule has 0 radical (unpaired) electrons. The second-order valence-corrected chi connectivity index (χ2v) is 32.8. The number of hydrogen-bond acceptors (Lipinski definition) is 16. The highest BCUT2D eigenvalue weighted by Gasteiger charge is 2.53. The van der Waals surface area contributed by atoms with Crippen LogP contribution >= 0.6 is 43.2 Å². The number of phenols is 2. The first-order chi connectivity index (χ1) is 42.6. The van der Waals surface area contributed by atoms with E-state index in [1.54, 1.807) is 47.8 Å². The molecule has 12 nitrogen and oxygen atoms in total. The molecule has 2 saturated heterocycles. The number of ether oxygens (including phenoxy) is 2. The monoisotopic (exact) mass is 1270 g/mol. The van der Waals surface area contributed by atoms with Crippen LogP contribution in [0.15, 0.2) is 72.8 Å². The van der Waals surface area contributed by atoms with E-state index in [9.17, 15) is 35.4 Å². The summed E-state index contributed by atoms with van der Waals surface area (Å²) in [7, 11) is 8.93. The summed E-state index contributed by atoms with van der Waals surface area (Å²) in [5, 5.41) is 81.7. The molecule has 0 spiro atoms. The van der Waals surface area contributed by atoms with Crippen LogP contribution in [0.5, 0.6) is 17.2 Å². The third kappa shape index (κ3) is 13.2. The summed E-state index contributed by atoms with van der Waals surface area (Å²) in [6, 6.07) is 23.6. The van der Waals surface area contributed by atoms with E-state index in [0.29, 0.717) is 73.5 Å². The Morgan fingerprint density at radius 2 is 1.68 bits per heavy atom. The van der Waals surface area contributed by atoms with Gasteiger partial charge < -0.3 is 45.4 Å². The number of anilines is 1. The molecule has 8 aliphatic rings. The van der Waals surface area contributed by atoms with Gasteiger partial charge in [0.05, 0.1) is 42.3 Å². The van der Waals surface area contributed by atoms with E-state index in [1.807, 2.05) is 45.9 Å². The second-order valence-electron chi connectivity index (χ2n) is 27.5. The Labute approximate surface area is 536 Å². The van der Waals surface area contributed by atoms with Crippen molar-refractivity contribution < 1.29 is 49.7 Å². The second kappa shape index (κ2) is 27.7. The highest BCUT2D eigenvalue weighted by Crippen LogP contribution is 2.60. The SMILES string of the molecule is COc1c(O)ccc2c1-c1ccc3ccc(O)cc3c1CSS[C@@]13CC[C@H](C[C@@H]1O)[C@H](CC(=O)CC2)O[C@H]1N[C@H](CCC2(O)CCCCC2)[C@@H](CSS[C@@H]3Cc2ccccc2CCC(C)C)C[C@@H]2c3c1cc(CO)c1c3[C@H](CC[C@@H](C(C)=O)N1)C[C@H]2CO. The van der Waals surface area contributed by atoms with Crippen molar-refractivity contribution in [3.63, 3.8) is 0 Å². The number of Topliss-reactive ketones (excluding diaryl/α,β-unsaturated/α-hetero) is 2. The molecule has 16 heteroatoms. The van der Waals surface area contributed by atoms with Gasteiger partial charge in [-0.25, -0.2) is 0 Å². The van der Waals surface area contributed by atoms with Gasteiger partial charge >= 0.3 is 0 Å². The van der Waals surface area contributed by atoms with Crippen molar-refractivity contribution in [2.45, 2.75) is 220 Å². The number of nitrogens with one attached hydrogen (secondary N) is 2. The number of fused-ring (bicyclic) bond motifs is 9. The molecule has 0 unspecified atom stereocenters. The molecule has 5 bridgehead atoms. The smallest absolute Gasteiger partial charge is 0.168 e. The van der Waals surface area contributed by atoms with Crippen LogP contribution in [0.2, 0.25) is 0 Å². The van der Waals surface area contributed by atoms with Crippen LogP contribution in [0.25, 0.3) is 21.9 Å². The maximum absolute atomic E-state index is 15.4. The van der Waals surface area contributed by atoms with Crippen LogP contribution in [0, 0.1) is 23.7 Å². The molecule has 2 saturated carbocycles. The summed E-state index contributed by atoms with van der Waals surface area (Å²) in [6.07, 6.45) is 11.8. The van der Waals surface area contributed by atoms with E-state index in [4.69, 9.17) is 9.47 Å². The fourth-order valence-electron chi connectivity index (χ4n) is 16.7. The molecule has 474 valence electrons. The van der Waals surface area contributed by atoms with Crippen LogP contribution in [-0.2, 0) is 45.9 Å². The summed E-state index contributed by atoms with van der Waals surface area (Å²) in [4.78, 5) is 28.8. The maximum Gasteiger partial charge on any atom is 0.168 e. The summed E-state index contributed by atoms with van der Waals surface area (Å²) in [5.74, 6) is 1.95. The van der Waals surface area contributed by atoms with Gasteiger partial charge in [-0.3, -0.25) is 14.9 Å². The fraction of sp³-hybridized carbons (Fsp3) is 0.583. The van der Waals surface area contributed by atoms with Crippen molar-refractivity contribution in [2.24, 2.45) is 23.7 Å². The van der Waals surface area contributed by atoms with Gasteiger partial charge in [-0.05, 0) is 218 Å². The van der Waals surface area contributed by atoms with Crippen molar-refractivity contribution >= 4 is 71.2 Å². The molecular weight excluding hydrogens is 1180 g/mol. The molecule has 88 heavy (non-hydrogen) atoms. The summed E-state index contributed by atoms with van der Waals surface area (Å²) >= 11 is 0. The molecule has 12 atom stereocenters. The van der Waals surface area contributed by atoms with Crippen LogP contribution < -0.4 is 15.4 Å². The first kappa shape index (κ1) is 64.2. The molecule has 8 N–H and O–H groups in total. The first-order valence-corrected chi connectivity index (χ1v) is 37.6. The van der Waals surface area contributed by atoms with Gasteiger partial charge in [0.1, 0.15) is 17.8 Å². The molecule has 13 rings (SSSR count). The number of hydrogen-bond donors (Lipinski definition) is 8. The maximum atomic E-state index is 15.4. The fourth-order valence-corrected chi connectivity index (χ4v) is 24.2. The minimum Gasteiger partial charge on any atom is -0.508 e. The van der Waals surface area contributed by atoms with Crippen molar-refractivity contribution in [1.82, 2.24) is 5.32 Å². The zero-order valence-corrected chi connectivity index (χ0v) is 55.0. The molecule has 5 heterocycles. The first-order valence-electron chi connectivity index (χ1n) is 32.9. The minimum absolute atomic E-state index is 0.00151. The van der Waals surface area contributed by atoms with Crippen molar-refractivity contribution in [1.29, 1.82) is 0 Å². The predicted octanol–water partition coefficient (Wildman–Crippen LogP) is 14.6. The zero-order valence-electron chi connectivity index (χ0n) is 51.8. The van der Waals surface area contributed by atoms with Crippen LogP contribution in [-0.4, -0.2) is 102 Å². The Balaban J connectivity index is 1.05. The number of carbonyl (C=O) groups excluding carboxylic acids is 2. The number of methoxy groups -OCH3 is 1. The Morgan fingerprint density at radius 1 is 0.875 bits per heavy atom. The Hall–Kier alpha value is -3.94. The summed E-state index contributed by atoms with van der Waals surface area (Å²) in [6.45, 7) is 5.94. The van der Waals surface area contributed by atoms with Gasteiger partial charge in [0.2, 0.25) is 0 Å². The van der Waals surface area contributed by atoms with Gasteiger partial charge in [0, 0.05) is 59.1 Å². The average molecular weight is 1270 g/mol. The lowest BCUT2D eigenvalue weighted by Crippen LogP contribution is -2.54. The summed E-state index contributed by atoms with van der Waals surface area (Å²) < 4.78 is 13.3. The van der Waals surface area contributed by atoms with E-state index in [2.05, 4.69) is 60.9 Å². The van der Waals surface area contributed by atoms with Gasteiger partial charge in [-0.15, -0.1) is 0 Å². The molecule has 0 amide bonds. The number of ketones is 2. The number of carbonyl (C=O) groups is 2. The minimum atomic E-state index is -0.806. The van der Waals surface area contributed by atoms with Crippen LogP contribution in [0.3, 0.4) is 0 Å². The Morgan fingerprint density at radius 3 is 2.44 bits per heavy atom. The number of aromatic hydroxyl groups is 2. The third-order valence-electron chi connectivity index (χ3n) is 21.6. The lowest BCUT2D eigenvalue weighted by Gasteiger charge is -2.50. The average Bonchev–Trinajstić information content (AvgIpc) is 1.42. The van der Waals surface area contributed by atoms with E-state index in [1.165, 1.54) is 11.1 Å². The molecular formula is C72H92N2O10S4.